The summed E-state index contributed by atoms with van der Waals surface area (Å²) in [7, 11) is 0. The topological polar surface area (TPSA) is 67.2 Å². The van der Waals surface area contributed by atoms with Crippen molar-refractivity contribution < 1.29 is 4.92 Å². The van der Waals surface area contributed by atoms with Gasteiger partial charge in [0.2, 0.25) is 0 Å². The van der Waals surface area contributed by atoms with Gasteiger partial charge in [-0.3, -0.25) is 10.1 Å². The van der Waals surface area contributed by atoms with Crippen LogP contribution in [0.3, 0.4) is 0 Å². The summed E-state index contributed by atoms with van der Waals surface area (Å²) >= 11 is 6.88. The summed E-state index contributed by atoms with van der Waals surface area (Å²) in [4.78, 5) is 11.3. The molecule has 1 atom stereocenters. The molecule has 2 N–H and O–H groups in total. The number of benzene rings is 1. The lowest BCUT2D eigenvalue weighted by Crippen LogP contribution is -2.30. The van der Waals surface area contributed by atoms with Crippen LogP contribution in [-0.2, 0) is 0 Å². The molecule has 0 bridgehead atoms. The molecular formula is C13H13N3O2S2. The molecule has 1 aromatic heterocycles. The van der Waals surface area contributed by atoms with Gasteiger partial charge >= 0.3 is 0 Å². The lowest BCUT2D eigenvalue weighted by molar-refractivity contribution is -0.384. The second-order valence-electron chi connectivity index (χ2n) is 4.14. The molecule has 20 heavy (non-hydrogen) atoms. The van der Waals surface area contributed by atoms with Crippen molar-refractivity contribution in [1.82, 2.24) is 5.32 Å². The molecule has 0 unspecified atom stereocenters. The SMILES string of the molecule is C[C@@H](NC(=S)Nc1ccc([N+](=O)[O-])cc1)c1cccs1. The number of nitro groups is 1. The predicted octanol–water partition coefficient (Wildman–Crippen LogP) is 3.70. The summed E-state index contributed by atoms with van der Waals surface area (Å²) in [5.74, 6) is 0. The number of nitrogens with one attached hydrogen (secondary N) is 2. The summed E-state index contributed by atoms with van der Waals surface area (Å²) in [6.07, 6.45) is 0. The van der Waals surface area contributed by atoms with Crippen LogP contribution in [0, 0.1) is 10.1 Å². The Labute approximate surface area is 125 Å². The maximum absolute atomic E-state index is 10.6. The van der Waals surface area contributed by atoms with Crippen LogP contribution in [0.1, 0.15) is 17.8 Å². The van der Waals surface area contributed by atoms with Gasteiger partial charge in [0.05, 0.1) is 11.0 Å². The van der Waals surface area contributed by atoms with Crippen molar-refractivity contribution in [1.29, 1.82) is 0 Å². The normalized spacial score (nSPS) is 11.7. The molecule has 0 aliphatic heterocycles. The quantitative estimate of drug-likeness (QED) is 0.512. The van der Waals surface area contributed by atoms with Crippen LogP contribution in [0.15, 0.2) is 41.8 Å². The average Bonchev–Trinajstić information content (AvgIpc) is 2.93. The fourth-order valence-corrected chi connectivity index (χ4v) is 2.67. The molecular weight excluding hydrogens is 294 g/mol. The molecule has 1 aromatic carbocycles. The van der Waals surface area contributed by atoms with Crippen LogP contribution in [0.5, 0.6) is 0 Å². The van der Waals surface area contributed by atoms with E-state index in [1.807, 2.05) is 24.4 Å². The van der Waals surface area contributed by atoms with Gasteiger partial charge in [-0.15, -0.1) is 11.3 Å². The molecule has 5 nitrogen and oxygen atoms in total. The highest BCUT2D eigenvalue weighted by molar-refractivity contribution is 7.80. The number of thiophene rings is 1. The lowest BCUT2D eigenvalue weighted by atomic mass is 10.3. The molecule has 0 radical (unpaired) electrons. The van der Waals surface area contributed by atoms with Crippen molar-refractivity contribution in [3.8, 4) is 0 Å². The van der Waals surface area contributed by atoms with Gasteiger partial charge in [-0.2, -0.15) is 0 Å². The first-order chi connectivity index (χ1) is 9.56. The molecule has 0 amide bonds. The molecule has 2 rings (SSSR count). The highest BCUT2D eigenvalue weighted by Gasteiger charge is 2.08. The zero-order valence-electron chi connectivity index (χ0n) is 10.7. The molecule has 0 saturated carbocycles. The smallest absolute Gasteiger partial charge is 0.269 e. The van der Waals surface area contributed by atoms with Gasteiger partial charge in [0, 0.05) is 22.7 Å². The monoisotopic (exact) mass is 307 g/mol. The second-order valence-corrected chi connectivity index (χ2v) is 5.53. The summed E-state index contributed by atoms with van der Waals surface area (Å²) in [6.45, 7) is 2.02. The van der Waals surface area contributed by atoms with Crippen molar-refractivity contribution in [3.05, 3.63) is 56.8 Å². The van der Waals surface area contributed by atoms with E-state index in [9.17, 15) is 10.1 Å². The van der Waals surface area contributed by atoms with Crippen LogP contribution in [0.2, 0.25) is 0 Å². The Kier molecular flexibility index (Phi) is 4.65. The standard InChI is InChI=1S/C13H13N3O2S2/c1-9(12-3-2-8-20-12)14-13(19)15-10-4-6-11(7-5-10)16(17)18/h2-9H,1H3,(H2,14,15,19)/t9-/m1/s1. The third-order valence-electron chi connectivity index (χ3n) is 2.65. The Bertz CT molecular complexity index is 597. The first kappa shape index (κ1) is 14.4. The van der Waals surface area contributed by atoms with Gasteiger partial charge in [-0.1, -0.05) is 6.07 Å². The van der Waals surface area contributed by atoms with Crippen molar-refractivity contribution in [3.63, 3.8) is 0 Å². The second kappa shape index (κ2) is 6.44. The minimum Gasteiger partial charge on any atom is -0.355 e. The van der Waals surface area contributed by atoms with E-state index < -0.39 is 4.92 Å². The molecule has 0 aliphatic rings. The Morgan fingerprint density at radius 2 is 2.05 bits per heavy atom. The minimum absolute atomic E-state index is 0.0568. The zero-order valence-corrected chi connectivity index (χ0v) is 12.3. The van der Waals surface area contributed by atoms with E-state index in [0.717, 1.165) is 0 Å². The Morgan fingerprint density at radius 3 is 2.60 bits per heavy atom. The van der Waals surface area contributed by atoms with Crippen molar-refractivity contribution in [2.75, 3.05) is 5.32 Å². The van der Waals surface area contributed by atoms with E-state index >= 15 is 0 Å². The molecule has 2 aromatic rings. The number of hydrogen-bond acceptors (Lipinski definition) is 4. The van der Waals surface area contributed by atoms with Gasteiger partial charge in [0.15, 0.2) is 5.11 Å². The van der Waals surface area contributed by atoms with Crippen LogP contribution in [-0.4, -0.2) is 10.0 Å². The Balaban J connectivity index is 1.92. The first-order valence-corrected chi connectivity index (χ1v) is 7.20. The Hall–Kier alpha value is -1.99. The molecule has 7 heteroatoms. The number of non-ortho nitro benzene ring substituents is 1. The van der Waals surface area contributed by atoms with E-state index in [2.05, 4.69) is 10.6 Å². The van der Waals surface area contributed by atoms with E-state index in [1.54, 1.807) is 23.5 Å². The summed E-state index contributed by atoms with van der Waals surface area (Å²) < 4.78 is 0. The van der Waals surface area contributed by atoms with E-state index in [4.69, 9.17) is 12.2 Å². The van der Waals surface area contributed by atoms with E-state index in [-0.39, 0.29) is 11.7 Å². The van der Waals surface area contributed by atoms with Crippen molar-refractivity contribution >= 4 is 40.0 Å². The number of rotatable bonds is 4. The van der Waals surface area contributed by atoms with E-state index in [0.29, 0.717) is 10.8 Å². The third kappa shape index (κ3) is 3.75. The number of anilines is 1. The van der Waals surface area contributed by atoms with Gasteiger partial charge < -0.3 is 10.6 Å². The molecule has 104 valence electrons. The van der Waals surface area contributed by atoms with Crippen molar-refractivity contribution in [2.24, 2.45) is 0 Å². The average molecular weight is 307 g/mol. The van der Waals surface area contributed by atoms with Crippen LogP contribution >= 0.6 is 23.6 Å². The molecule has 0 aliphatic carbocycles. The van der Waals surface area contributed by atoms with Gasteiger partial charge in [-0.05, 0) is 42.7 Å². The Morgan fingerprint density at radius 1 is 1.35 bits per heavy atom. The van der Waals surface area contributed by atoms with Crippen LogP contribution in [0.25, 0.3) is 0 Å². The summed E-state index contributed by atoms with van der Waals surface area (Å²) in [6, 6.07) is 10.3. The number of nitrogens with zero attached hydrogens (tertiary/aromatic N) is 1. The van der Waals surface area contributed by atoms with Crippen LogP contribution in [0.4, 0.5) is 11.4 Å². The maximum Gasteiger partial charge on any atom is 0.269 e. The molecule has 1 heterocycles. The number of nitro benzene ring substituents is 1. The number of hydrogen-bond donors (Lipinski definition) is 2. The lowest BCUT2D eigenvalue weighted by Gasteiger charge is -2.15. The minimum atomic E-state index is -0.431. The van der Waals surface area contributed by atoms with E-state index in [1.165, 1.54) is 17.0 Å². The van der Waals surface area contributed by atoms with Gasteiger partial charge in [-0.25, -0.2) is 0 Å². The fourth-order valence-electron chi connectivity index (χ4n) is 1.64. The van der Waals surface area contributed by atoms with Gasteiger partial charge in [0.25, 0.3) is 5.69 Å². The third-order valence-corrected chi connectivity index (χ3v) is 3.93. The van der Waals surface area contributed by atoms with Gasteiger partial charge in [0.1, 0.15) is 0 Å². The van der Waals surface area contributed by atoms with Crippen LogP contribution < -0.4 is 10.6 Å². The zero-order chi connectivity index (χ0) is 14.5. The molecule has 0 spiro atoms. The number of thiocarbonyl (C=S) groups is 1. The predicted molar refractivity (Wildman–Crippen MR) is 85.2 cm³/mol. The fraction of sp³-hybridized carbons (Fsp3) is 0.154. The summed E-state index contributed by atoms with van der Waals surface area (Å²) in [5.41, 5.74) is 0.771. The maximum atomic E-state index is 10.6. The molecule has 0 fully saturated rings. The molecule has 0 saturated heterocycles. The first-order valence-electron chi connectivity index (χ1n) is 5.91. The largest absolute Gasteiger partial charge is 0.355 e. The van der Waals surface area contributed by atoms with Crippen molar-refractivity contribution in [2.45, 2.75) is 13.0 Å². The summed E-state index contributed by atoms with van der Waals surface area (Å²) in [5, 5.41) is 19.2. The highest BCUT2D eigenvalue weighted by Crippen LogP contribution is 2.19. The highest BCUT2D eigenvalue weighted by atomic mass is 32.1.